The Labute approximate surface area is 159 Å². The first kappa shape index (κ1) is 20.1. The fourth-order valence-corrected chi connectivity index (χ4v) is 3.01. The number of nitrogens with zero attached hydrogens (tertiary/aromatic N) is 2. The smallest absolute Gasteiger partial charge is 0.244 e. The average Bonchev–Trinajstić information content (AvgIpc) is 3.08. The Morgan fingerprint density at radius 1 is 1.27 bits per heavy atom. The molecule has 0 atom stereocenters. The third kappa shape index (κ3) is 6.98. The average molecular weight is 374 g/mol. The number of thiazole rings is 1. The summed E-state index contributed by atoms with van der Waals surface area (Å²) in [5.74, 6) is 0.716. The van der Waals surface area contributed by atoms with Gasteiger partial charge < -0.3 is 15.0 Å². The normalized spacial score (nSPS) is 11.2. The van der Waals surface area contributed by atoms with E-state index >= 15 is 0 Å². The molecular formula is C20H27N3O2S. The summed E-state index contributed by atoms with van der Waals surface area (Å²) in [6, 6.07) is 7.66. The molecule has 0 aliphatic heterocycles. The van der Waals surface area contributed by atoms with Crippen LogP contribution in [0.25, 0.3) is 6.08 Å². The van der Waals surface area contributed by atoms with Gasteiger partial charge in [0.25, 0.3) is 0 Å². The predicted octanol–water partition coefficient (Wildman–Crippen LogP) is 3.50. The Morgan fingerprint density at radius 3 is 2.62 bits per heavy atom. The van der Waals surface area contributed by atoms with Gasteiger partial charge in [0.15, 0.2) is 0 Å². The van der Waals surface area contributed by atoms with Gasteiger partial charge in [0, 0.05) is 24.5 Å². The minimum atomic E-state index is -0.0728. The maximum Gasteiger partial charge on any atom is 0.244 e. The molecule has 1 amide bonds. The number of rotatable bonds is 10. The van der Waals surface area contributed by atoms with Crippen LogP contribution in [0.4, 0.5) is 0 Å². The Hall–Kier alpha value is -2.18. The molecule has 1 N–H and O–H groups in total. The lowest BCUT2D eigenvalue weighted by Crippen LogP contribution is -2.34. The van der Waals surface area contributed by atoms with E-state index in [2.05, 4.69) is 29.0 Å². The van der Waals surface area contributed by atoms with Crippen LogP contribution in [0.3, 0.4) is 0 Å². The topological polar surface area (TPSA) is 54.5 Å². The third-order valence-electron chi connectivity index (χ3n) is 3.98. The van der Waals surface area contributed by atoms with Gasteiger partial charge in [-0.25, -0.2) is 4.98 Å². The number of nitrogens with one attached hydrogen (secondary N) is 1. The Morgan fingerprint density at radius 2 is 2.00 bits per heavy atom. The fourth-order valence-electron chi connectivity index (χ4n) is 2.41. The van der Waals surface area contributed by atoms with Crippen molar-refractivity contribution < 1.29 is 9.53 Å². The van der Waals surface area contributed by atoms with Crippen LogP contribution in [0.15, 0.2) is 35.7 Å². The van der Waals surface area contributed by atoms with E-state index in [1.807, 2.05) is 36.6 Å². The number of hydrogen-bond acceptors (Lipinski definition) is 5. The van der Waals surface area contributed by atoms with E-state index in [4.69, 9.17) is 4.74 Å². The first-order valence-corrected chi connectivity index (χ1v) is 9.80. The van der Waals surface area contributed by atoms with Crippen molar-refractivity contribution in [3.05, 3.63) is 52.0 Å². The molecule has 0 unspecified atom stereocenters. The van der Waals surface area contributed by atoms with Gasteiger partial charge in [-0.1, -0.05) is 26.0 Å². The number of carbonyl (C=O) groups is 1. The van der Waals surface area contributed by atoms with Crippen molar-refractivity contribution in [1.29, 1.82) is 0 Å². The third-order valence-corrected chi connectivity index (χ3v) is 4.80. The molecule has 2 rings (SSSR count). The largest absolute Gasteiger partial charge is 0.487 e. The second-order valence-electron chi connectivity index (χ2n) is 5.87. The van der Waals surface area contributed by atoms with Crippen LogP contribution in [0.2, 0.25) is 0 Å². The number of carbonyl (C=O) groups excluding carboxylic acids is 1. The zero-order valence-corrected chi connectivity index (χ0v) is 16.5. The molecule has 26 heavy (non-hydrogen) atoms. The summed E-state index contributed by atoms with van der Waals surface area (Å²) < 4.78 is 5.72. The van der Waals surface area contributed by atoms with Crippen LogP contribution in [-0.4, -0.2) is 42.0 Å². The number of likely N-dealkylation sites (N-methyl/N-ethyl adjacent to an activating group) is 1. The molecule has 1 heterocycles. The fraction of sp³-hybridized carbons (Fsp3) is 0.400. The molecule has 0 fully saturated rings. The van der Waals surface area contributed by atoms with Gasteiger partial charge in [-0.05, 0) is 43.8 Å². The van der Waals surface area contributed by atoms with E-state index in [1.54, 1.807) is 23.5 Å². The van der Waals surface area contributed by atoms with Crippen molar-refractivity contribution in [2.24, 2.45) is 0 Å². The monoisotopic (exact) mass is 373 g/mol. The quantitative estimate of drug-likeness (QED) is 0.648. The van der Waals surface area contributed by atoms with Crippen LogP contribution in [0.1, 0.15) is 30.1 Å². The maximum atomic E-state index is 11.9. The molecule has 5 nitrogen and oxygen atoms in total. The molecule has 1 aromatic carbocycles. The van der Waals surface area contributed by atoms with Crippen LogP contribution >= 0.6 is 11.3 Å². The zero-order chi connectivity index (χ0) is 18.8. The molecule has 0 aliphatic carbocycles. The minimum Gasteiger partial charge on any atom is -0.487 e. The lowest BCUT2D eigenvalue weighted by Gasteiger charge is -2.17. The van der Waals surface area contributed by atoms with E-state index in [0.717, 1.165) is 41.6 Å². The van der Waals surface area contributed by atoms with Gasteiger partial charge in [-0.15, -0.1) is 11.3 Å². The number of aryl methyl sites for hydroxylation is 1. The number of aromatic nitrogens is 1. The highest BCUT2D eigenvalue weighted by Crippen LogP contribution is 2.16. The van der Waals surface area contributed by atoms with E-state index in [1.165, 1.54) is 0 Å². The Balaban J connectivity index is 1.75. The number of amides is 1. The van der Waals surface area contributed by atoms with Crippen LogP contribution in [0.5, 0.6) is 5.75 Å². The van der Waals surface area contributed by atoms with Crippen molar-refractivity contribution in [2.45, 2.75) is 27.4 Å². The lowest BCUT2D eigenvalue weighted by molar-refractivity contribution is -0.116. The summed E-state index contributed by atoms with van der Waals surface area (Å²) in [4.78, 5) is 18.5. The highest BCUT2D eigenvalue weighted by atomic mass is 32.1. The maximum absolute atomic E-state index is 11.9. The van der Waals surface area contributed by atoms with Gasteiger partial charge in [0.1, 0.15) is 12.4 Å². The van der Waals surface area contributed by atoms with E-state index in [-0.39, 0.29) is 5.91 Å². The molecule has 0 aliphatic rings. The first-order chi connectivity index (χ1) is 12.6. The molecular weight excluding hydrogens is 346 g/mol. The SMILES string of the molecule is CCN(CC)CCNC(=O)/C=C/c1ccc(OCc2csc(C)n2)cc1. The standard InChI is InChI=1S/C20H27N3O2S/c1-4-23(5-2)13-12-21-20(24)11-8-17-6-9-19(10-7-17)25-14-18-15-26-16(3)22-18/h6-11,15H,4-5,12-14H2,1-3H3,(H,21,24)/b11-8+. The molecule has 140 valence electrons. The zero-order valence-electron chi connectivity index (χ0n) is 15.7. The second kappa shape index (κ2) is 10.7. The van der Waals surface area contributed by atoms with Crippen LogP contribution in [0, 0.1) is 6.92 Å². The van der Waals surface area contributed by atoms with Crippen molar-refractivity contribution >= 4 is 23.3 Å². The molecule has 0 spiro atoms. The Bertz CT molecular complexity index is 706. The molecule has 0 bridgehead atoms. The summed E-state index contributed by atoms with van der Waals surface area (Å²) >= 11 is 1.62. The summed E-state index contributed by atoms with van der Waals surface area (Å²) in [6.45, 7) is 10.2. The van der Waals surface area contributed by atoms with Crippen LogP contribution in [-0.2, 0) is 11.4 Å². The summed E-state index contributed by atoms with van der Waals surface area (Å²) in [5.41, 5.74) is 1.90. The highest BCUT2D eigenvalue weighted by molar-refractivity contribution is 7.09. The number of ether oxygens (including phenoxy) is 1. The minimum absolute atomic E-state index is 0.0728. The molecule has 0 saturated carbocycles. The molecule has 1 aromatic heterocycles. The second-order valence-corrected chi connectivity index (χ2v) is 6.93. The van der Waals surface area contributed by atoms with Crippen molar-refractivity contribution in [3.8, 4) is 5.75 Å². The van der Waals surface area contributed by atoms with Crippen LogP contribution < -0.4 is 10.1 Å². The molecule has 2 aromatic rings. The Kier molecular flexibility index (Phi) is 8.31. The summed E-state index contributed by atoms with van der Waals surface area (Å²) in [7, 11) is 0. The van der Waals surface area contributed by atoms with Gasteiger partial charge in [-0.2, -0.15) is 0 Å². The molecule has 0 radical (unpaired) electrons. The molecule has 6 heteroatoms. The van der Waals surface area contributed by atoms with Crippen molar-refractivity contribution in [3.63, 3.8) is 0 Å². The van der Waals surface area contributed by atoms with E-state index in [0.29, 0.717) is 13.2 Å². The van der Waals surface area contributed by atoms with Gasteiger partial charge >= 0.3 is 0 Å². The first-order valence-electron chi connectivity index (χ1n) is 8.92. The van der Waals surface area contributed by atoms with Gasteiger partial charge in [-0.3, -0.25) is 4.79 Å². The number of hydrogen-bond donors (Lipinski definition) is 1. The highest BCUT2D eigenvalue weighted by Gasteiger charge is 2.01. The summed E-state index contributed by atoms with van der Waals surface area (Å²) in [5, 5.41) is 5.95. The van der Waals surface area contributed by atoms with Gasteiger partial charge in [0.05, 0.1) is 10.7 Å². The van der Waals surface area contributed by atoms with E-state index < -0.39 is 0 Å². The van der Waals surface area contributed by atoms with Gasteiger partial charge in [0.2, 0.25) is 5.91 Å². The van der Waals surface area contributed by atoms with Crippen molar-refractivity contribution in [2.75, 3.05) is 26.2 Å². The molecule has 0 saturated heterocycles. The van der Waals surface area contributed by atoms with E-state index in [9.17, 15) is 4.79 Å². The number of benzene rings is 1. The lowest BCUT2D eigenvalue weighted by atomic mass is 10.2. The summed E-state index contributed by atoms with van der Waals surface area (Å²) in [6.07, 6.45) is 3.37. The van der Waals surface area contributed by atoms with Crippen molar-refractivity contribution in [1.82, 2.24) is 15.2 Å². The predicted molar refractivity (Wildman–Crippen MR) is 107 cm³/mol.